The molecule has 0 fully saturated rings. The zero-order valence-electron chi connectivity index (χ0n) is 16.8. The number of halogens is 1. The predicted octanol–water partition coefficient (Wildman–Crippen LogP) is 4.53. The van der Waals surface area contributed by atoms with E-state index < -0.39 is 28.3 Å². The zero-order chi connectivity index (χ0) is 21.7. The number of anilines is 2. The van der Waals surface area contributed by atoms with Crippen molar-refractivity contribution >= 4 is 27.3 Å². The van der Waals surface area contributed by atoms with E-state index in [1.165, 1.54) is 12.1 Å². The Bertz CT molecular complexity index is 1130. The maximum absolute atomic E-state index is 13.3. The van der Waals surface area contributed by atoms with Gasteiger partial charge in [-0.1, -0.05) is 43.3 Å². The summed E-state index contributed by atoms with van der Waals surface area (Å²) in [5.41, 5.74) is 2.90. The number of benzene rings is 3. The molecule has 5 nitrogen and oxygen atoms in total. The van der Waals surface area contributed by atoms with E-state index in [-0.39, 0.29) is 4.90 Å². The minimum atomic E-state index is -4.08. The van der Waals surface area contributed by atoms with E-state index >= 15 is 0 Å². The second-order valence-electron chi connectivity index (χ2n) is 6.81. The molecule has 0 unspecified atom stereocenters. The van der Waals surface area contributed by atoms with Crippen LogP contribution in [0, 0.1) is 12.7 Å². The number of carbonyl (C=O) groups excluding carboxylic acids is 1. The lowest BCUT2D eigenvalue weighted by atomic mass is 10.1. The van der Waals surface area contributed by atoms with Crippen molar-refractivity contribution in [3.05, 3.63) is 89.7 Å². The molecule has 0 saturated heterocycles. The quantitative estimate of drug-likeness (QED) is 0.604. The number of aryl methyl sites for hydroxylation is 2. The van der Waals surface area contributed by atoms with Crippen LogP contribution in [0.5, 0.6) is 0 Å². The third-order valence-corrected chi connectivity index (χ3v) is 6.53. The number of hydrogen-bond donors (Lipinski definition) is 1. The number of sulfonamides is 1. The molecular weight excluding hydrogens is 403 g/mol. The number of rotatable bonds is 7. The van der Waals surface area contributed by atoms with Gasteiger partial charge in [0, 0.05) is 5.69 Å². The van der Waals surface area contributed by atoms with Crippen LogP contribution in [0.3, 0.4) is 0 Å². The van der Waals surface area contributed by atoms with Gasteiger partial charge in [-0.15, -0.1) is 0 Å². The monoisotopic (exact) mass is 426 g/mol. The molecule has 0 aliphatic heterocycles. The molecule has 1 amide bonds. The standard InChI is InChI=1S/C23H23FN2O3S/c1-3-18-9-7-8-17(2)23(18)25-22(27)16-26(20-10-5-4-6-11-20)30(28,29)21-14-12-19(24)13-15-21/h4-15H,3,16H2,1-2H3,(H,25,27). The number of para-hydroxylation sites is 2. The number of nitrogens with one attached hydrogen (secondary N) is 1. The van der Waals surface area contributed by atoms with E-state index in [1.807, 2.05) is 32.0 Å². The fourth-order valence-electron chi connectivity index (χ4n) is 3.15. The lowest BCUT2D eigenvalue weighted by molar-refractivity contribution is -0.114. The first-order valence-corrected chi connectivity index (χ1v) is 11.0. The summed E-state index contributed by atoms with van der Waals surface area (Å²) in [6, 6.07) is 18.6. The lowest BCUT2D eigenvalue weighted by Crippen LogP contribution is -2.38. The van der Waals surface area contributed by atoms with Gasteiger partial charge in [0.1, 0.15) is 12.4 Å². The summed E-state index contributed by atoms with van der Waals surface area (Å²) in [4.78, 5) is 12.8. The molecule has 0 radical (unpaired) electrons. The maximum Gasteiger partial charge on any atom is 0.264 e. The van der Waals surface area contributed by atoms with Gasteiger partial charge in [0.05, 0.1) is 10.6 Å². The molecule has 0 heterocycles. The number of nitrogens with zero attached hydrogens (tertiary/aromatic N) is 1. The van der Waals surface area contributed by atoms with Crippen molar-refractivity contribution in [2.24, 2.45) is 0 Å². The SMILES string of the molecule is CCc1cccc(C)c1NC(=O)CN(c1ccccc1)S(=O)(=O)c1ccc(F)cc1. The molecule has 3 rings (SSSR count). The minimum absolute atomic E-state index is 0.0920. The Morgan fingerprint density at radius 3 is 2.27 bits per heavy atom. The van der Waals surface area contributed by atoms with Gasteiger partial charge in [-0.25, -0.2) is 12.8 Å². The highest BCUT2D eigenvalue weighted by Gasteiger charge is 2.27. The second kappa shape index (κ2) is 9.09. The van der Waals surface area contributed by atoms with Crippen LogP contribution in [0.2, 0.25) is 0 Å². The highest BCUT2D eigenvalue weighted by atomic mass is 32.2. The molecule has 0 aliphatic carbocycles. The van der Waals surface area contributed by atoms with E-state index in [2.05, 4.69) is 5.32 Å². The number of amides is 1. The molecule has 1 N–H and O–H groups in total. The van der Waals surface area contributed by atoms with Crippen molar-refractivity contribution < 1.29 is 17.6 Å². The number of hydrogen-bond acceptors (Lipinski definition) is 3. The highest BCUT2D eigenvalue weighted by molar-refractivity contribution is 7.92. The topological polar surface area (TPSA) is 66.5 Å². The smallest absolute Gasteiger partial charge is 0.264 e. The molecule has 0 spiro atoms. The molecule has 0 bridgehead atoms. The van der Waals surface area contributed by atoms with Crippen LogP contribution in [-0.4, -0.2) is 20.9 Å². The summed E-state index contributed by atoms with van der Waals surface area (Å²) >= 11 is 0. The van der Waals surface area contributed by atoms with Gasteiger partial charge in [0.2, 0.25) is 5.91 Å². The summed E-state index contributed by atoms with van der Waals surface area (Å²) in [6.45, 7) is 3.46. The van der Waals surface area contributed by atoms with Gasteiger partial charge in [0.15, 0.2) is 0 Å². The summed E-state index contributed by atoms with van der Waals surface area (Å²) in [5.74, 6) is -1.00. The van der Waals surface area contributed by atoms with Crippen LogP contribution in [0.15, 0.2) is 77.7 Å². The summed E-state index contributed by atoms with van der Waals surface area (Å²) < 4.78 is 40.8. The molecule has 7 heteroatoms. The van der Waals surface area contributed by atoms with Crippen LogP contribution >= 0.6 is 0 Å². The van der Waals surface area contributed by atoms with Crippen LogP contribution < -0.4 is 9.62 Å². The Hall–Kier alpha value is -3.19. The first-order chi connectivity index (χ1) is 14.3. The van der Waals surface area contributed by atoms with Gasteiger partial charge in [-0.2, -0.15) is 0 Å². The fourth-order valence-corrected chi connectivity index (χ4v) is 4.58. The Labute approximate surface area is 176 Å². The van der Waals surface area contributed by atoms with Gasteiger partial charge >= 0.3 is 0 Å². The molecule has 30 heavy (non-hydrogen) atoms. The third-order valence-electron chi connectivity index (χ3n) is 4.74. The van der Waals surface area contributed by atoms with E-state index in [1.54, 1.807) is 30.3 Å². The van der Waals surface area contributed by atoms with Crippen molar-refractivity contribution in [3.63, 3.8) is 0 Å². The third kappa shape index (κ3) is 4.68. The van der Waals surface area contributed by atoms with E-state index in [9.17, 15) is 17.6 Å². The zero-order valence-corrected chi connectivity index (χ0v) is 17.6. The molecule has 3 aromatic rings. The first-order valence-electron chi connectivity index (χ1n) is 9.54. The van der Waals surface area contributed by atoms with Crippen molar-refractivity contribution in [2.45, 2.75) is 25.2 Å². The maximum atomic E-state index is 13.3. The lowest BCUT2D eigenvalue weighted by Gasteiger charge is -2.24. The highest BCUT2D eigenvalue weighted by Crippen LogP contribution is 2.25. The van der Waals surface area contributed by atoms with E-state index in [4.69, 9.17) is 0 Å². The van der Waals surface area contributed by atoms with Gasteiger partial charge in [0.25, 0.3) is 10.0 Å². The van der Waals surface area contributed by atoms with Crippen molar-refractivity contribution in [1.29, 1.82) is 0 Å². The average Bonchev–Trinajstić information content (AvgIpc) is 2.74. The second-order valence-corrected chi connectivity index (χ2v) is 8.67. The minimum Gasteiger partial charge on any atom is -0.324 e. The summed E-state index contributed by atoms with van der Waals surface area (Å²) in [5, 5.41) is 2.86. The van der Waals surface area contributed by atoms with Crippen LogP contribution in [0.4, 0.5) is 15.8 Å². The van der Waals surface area contributed by atoms with Gasteiger partial charge in [-0.05, 0) is 60.9 Å². The van der Waals surface area contributed by atoms with Crippen LogP contribution in [0.1, 0.15) is 18.1 Å². The Kier molecular flexibility index (Phi) is 6.52. The summed E-state index contributed by atoms with van der Waals surface area (Å²) in [6.07, 6.45) is 0.730. The van der Waals surface area contributed by atoms with E-state index in [0.29, 0.717) is 11.4 Å². The molecule has 0 aliphatic rings. The number of carbonyl (C=O) groups is 1. The first kappa shape index (κ1) is 21.5. The van der Waals surface area contributed by atoms with Crippen LogP contribution in [0.25, 0.3) is 0 Å². The normalized spacial score (nSPS) is 11.2. The molecule has 3 aromatic carbocycles. The van der Waals surface area contributed by atoms with Gasteiger partial charge in [-0.3, -0.25) is 9.10 Å². The molecule has 0 aromatic heterocycles. The van der Waals surface area contributed by atoms with Crippen molar-refractivity contribution in [1.82, 2.24) is 0 Å². The Morgan fingerprint density at radius 1 is 0.967 bits per heavy atom. The largest absolute Gasteiger partial charge is 0.324 e. The average molecular weight is 427 g/mol. The predicted molar refractivity (Wildman–Crippen MR) is 117 cm³/mol. The summed E-state index contributed by atoms with van der Waals surface area (Å²) in [7, 11) is -4.08. The van der Waals surface area contributed by atoms with Gasteiger partial charge < -0.3 is 5.32 Å². The molecule has 0 atom stereocenters. The van der Waals surface area contributed by atoms with Crippen molar-refractivity contribution in [3.8, 4) is 0 Å². The molecule has 0 saturated carbocycles. The molecular formula is C23H23FN2O3S. The Balaban J connectivity index is 1.95. The fraction of sp³-hybridized carbons (Fsp3) is 0.174. The van der Waals surface area contributed by atoms with Crippen molar-refractivity contribution in [2.75, 3.05) is 16.2 Å². The Morgan fingerprint density at radius 2 is 1.63 bits per heavy atom. The molecule has 156 valence electrons. The van der Waals surface area contributed by atoms with E-state index in [0.717, 1.165) is 34.0 Å². The van der Waals surface area contributed by atoms with Crippen LogP contribution in [-0.2, 0) is 21.2 Å².